The summed E-state index contributed by atoms with van der Waals surface area (Å²) in [6.07, 6.45) is 4.53. The first kappa shape index (κ1) is 25.7. The van der Waals surface area contributed by atoms with Crippen molar-refractivity contribution in [1.82, 2.24) is 9.66 Å². The summed E-state index contributed by atoms with van der Waals surface area (Å²) in [5, 5.41) is 5.63. The summed E-state index contributed by atoms with van der Waals surface area (Å²) in [7, 11) is 1.58. The molecule has 1 aromatic heterocycles. The summed E-state index contributed by atoms with van der Waals surface area (Å²) in [6, 6.07) is 16.7. The van der Waals surface area contributed by atoms with E-state index in [2.05, 4.69) is 32.6 Å². The zero-order valence-corrected chi connectivity index (χ0v) is 22.3. The van der Waals surface area contributed by atoms with Gasteiger partial charge in [-0.25, -0.2) is 4.98 Å². The molecule has 0 bridgehead atoms. The van der Waals surface area contributed by atoms with E-state index in [0.717, 1.165) is 21.2 Å². The number of methoxy groups -OCH3 is 1. The molecular formula is C28H25BrClN3O3. The molecule has 3 aromatic carbocycles. The number of aromatic nitrogens is 2. The molecule has 4 rings (SSSR count). The van der Waals surface area contributed by atoms with Crippen LogP contribution in [-0.2, 0) is 19.4 Å². The third-order valence-electron chi connectivity index (χ3n) is 5.58. The lowest BCUT2D eigenvalue weighted by Crippen LogP contribution is -2.22. The number of hydrogen-bond donors (Lipinski definition) is 0. The third-order valence-corrected chi connectivity index (χ3v) is 6.44. The van der Waals surface area contributed by atoms with Crippen molar-refractivity contribution in [3.05, 3.63) is 110 Å². The Morgan fingerprint density at radius 1 is 1.17 bits per heavy atom. The number of benzene rings is 3. The normalized spacial score (nSPS) is 11.2. The minimum atomic E-state index is -0.229. The predicted molar refractivity (Wildman–Crippen MR) is 149 cm³/mol. The second-order valence-electron chi connectivity index (χ2n) is 7.99. The van der Waals surface area contributed by atoms with Crippen LogP contribution in [0.2, 0.25) is 5.02 Å². The van der Waals surface area contributed by atoms with Crippen LogP contribution in [0, 0.1) is 0 Å². The van der Waals surface area contributed by atoms with E-state index in [1.807, 2.05) is 55.5 Å². The Morgan fingerprint density at radius 3 is 2.69 bits per heavy atom. The van der Waals surface area contributed by atoms with Gasteiger partial charge in [0, 0.05) is 27.0 Å². The highest BCUT2D eigenvalue weighted by atomic mass is 79.9. The van der Waals surface area contributed by atoms with Crippen LogP contribution in [0.4, 0.5) is 0 Å². The zero-order valence-electron chi connectivity index (χ0n) is 20.0. The van der Waals surface area contributed by atoms with Crippen LogP contribution in [0.5, 0.6) is 11.5 Å². The maximum atomic E-state index is 13.2. The number of hydrogen-bond acceptors (Lipinski definition) is 5. The van der Waals surface area contributed by atoms with E-state index in [4.69, 9.17) is 21.1 Å². The molecule has 0 aliphatic heterocycles. The third kappa shape index (κ3) is 5.53. The smallest absolute Gasteiger partial charge is 0.282 e. The van der Waals surface area contributed by atoms with Crippen LogP contribution in [0.3, 0.4) is 0 Å². The van der Waals surface area contributed by atoms with Crippen molar-refractivity contribution in [1.29, 1.82) is 0 Å². The molecule has 4 aromatic rings. The molecule has 0 unspecified atom stereocenters. The lowest BCUT2D eigenvalue weighted by Gasteiger charge is -2.16. The topological polar surface area (TPSA) is 65.7 Å². The fraction of sp³-hybridized carbons (Fsp3) is 0.179. The molecule has 0 amide bonds. The number of aryl methyl sites for hydroxylation is 1. The van der Waals surface area contributed by atoms with Gasteiger partial charge in [0.15, 0.2) is 11.5 Å². The maximum absolute atomic E-state index is 13.2. The fourth-order valence-electron chi connectivity index (χ4n) is 3.81. The maximum Gasteiger partial charge on any atom is 0.282 e. The van der Waals surface area contributed by atoms with Crippen molar-refractivity contribution in [3.63, 3.8) is 0 Å². The fourth-order valence-corrected chi connectivity index (χ4v) is 4.36. The van der Waals surface area contributed by atoms with E-state index < -0.39 is 0 Å². The van der Waals surface area contributed by atoms with Gasteiger partial charge in [0.1, 0.15) is 12.4 Å². The van der Waals surface area contributed by atoms with Crippen molar-refractivity contribution in [2.45, 2.75) is 26.4 Å². The molecule has 184 valence electrons. The summed E-state index contributed by atoms with van der Waals surface area (Å²) < 4.78 is 13.9. The Bertz CT molecular complexity index is 1510. The number of ether oxygens (including phenoxy) is 2. The van der Waals surface area contributed by atoms with Crippen LogP contribution < -0.4 is 15.0 Å². The first-order chi connectivity index (χ1) is 17.4. The van der Waals surface area contributed by atoms with Gasteiger partial charge in [0.05, 0.1) is 24.2 Å². The Hall–Kier alpha value is -3.42. The minimum absolute atomic E-state index is 0.229. The number of allylic oxidation sites excluding steroid dienone is 1. The van der Waals surface area contributed by atoms with Crippen LogP contribution in [0.15, 0.2) is 81.6 Å². The van der Waals surface area contributed by atoms with Gasteiger partial charge in [-0.15, -0.1) is 6.58 Å². The van der Waals surface area contributed by atoms with Gasteiger partial charge in [0.25, 0.3) is 5.56 Å². The number of rotatable bonds is 9. The van der Waals surface area contributed by atoms with E-state index in [1.165, 1.54) is 4.68 Å². The molecule has 0 radical (unpaired) electrons. The molecule has 0 spiro atoms. The second-order valence-corrected chi connectivity index (χ2v) is 9.31. The lowest BCUT2D eigenvalue weighted by atomic mass is 10.1. The van der Waals surface area contributed by atoms with Crippen LogP contribution in [0.1, 0.15) is 29.4 Å². The van der Waals surface area contributed by atoms with Gasteiger partial charge in [-0.2, -0.15) is 9.78 Å². The lowest BCUT2D eigenvalue weighted by molar-refractivity contribution is 0.282. The number of halogens is 2. The van der Waals surface area contributed by atoms with Gasteiger partial charge < -0.3 is 9.47 Å². The van der Waals surface area contributed by atoms with Crippen LogP contribution in [-0.4, -0.2) is 23.0 Å². The van der Waals surface area contributed by atoms with Crippen molar-refractivity contribution in [2.75, 3.05) is 7.11 Å². The predicted octanol–water partition coefficient (Wildman–Crippen LogP) is 6.57. The Morgan fingerprint density at radius 2 is 1.97 bits per heavy atom. The van der Waals surface area contributed by atoms with Gasteiger partial charge in [-0.3, -0.25) is 4.79 Å². The van der Waals surface area contributed by atoms with E-state index in [9.17, 15) is 4.79 Å². The minimum Gasteiger partial charge on any atom is -0.493 e. The Balaban J connectivity index is 1.72. The van der Waals surface area contributed by atoms with Crippen molar-refractivity contribution in [3.8, 4) is 11.5 Å². The second kappa shape index (κ2) is 11.5. The van der Waals surface area contributed by atoms with E-state index in [0.29, 0.717) is 52.7 Å². The zero-order chi connectivity index (χ0) is 25.7. The summed E-state index contributed by atoms with van der Waals surface area (Å²) in [5.74, 6) is 1.73. The molecular weight excluding hydrogens is 542 g/mol. The van der Waals surface area contributed by atoms with Crippen LogP contribution in [0.25, 0.3) is 10.9 Å². The van der Waals surface area contributed by atoms with Gasteiger partial charge in [-0.1, -0.05) is 58.7 Å². The van der Waals surface area contributed by atoms with Crippen molar-refractivity contribution < 1.29 is 9.47 Å². The number of fused-ring (bicyclic) bond motifs is 1. The quantitative estimate of drug-likeness (QED) is 0.170. The average molecular weight is 567 g/mol. The molecule has 36 heavy (non-hydrogen) atoms. The number of nitrogens with zero attached hydrogens (tertiary/aromatic N) is 3. The highest BCUT2D eigenvalue weighted by molar-refractivity contribution is 9.10. The monoisotopic (exact) mass is 565 g/mol. The van der Waals surface area contributed by atoms with Gasteiger partial charge >= 0.3 is 0 Å². The Kier molecular flexibility index (Phi) is 8.23. The Labute approximate surface area is 223 Å². The highest BCUT2D eigenvalue weighted by Crippen LogP contribution is 2.34. The SMILES string of the molecule is C=CCc1cc(C=Nn2c(CC)nc3ccc(Br)cc3c2=O)cc(OC)c1OCc1ccccc1Cl. The van der Waals surface area contributed by atoms with Crippen molar-refractivity contribution >= 4 is 44.6 Å². The van der Waals surface area contributed by atoms with E-state index in [1.54, 1.807) is 25.5 Å². The summed E-state index contributed by atoms with van der Waals surface area (Å²) in [4.78, 5) is 17.8. The highest BCUT2D eigenvalue weighted by Gasteiger charge is 2.14. The molecule has 0 N–H and O–H groups in total. The molecule has 6 nitrogen and oxygen atoms in total. The average Bonchev–Trinajstić information content (AvgIpc) is 2.88. The first-order valence-electron chi connectivity index (χ1n) is 11.4. The summed E-state index contributed by atoms with van der Waals surface area (Å²) >= 11 is 9.72. The molecule has 0 atom stereocenters. The molecule has 0 fully saturated rings. The van der Waals surface area contributed by atoms with E-state index in [-0.39, 0.29) is 5.56 Å². The van der Waals surface area contributed by atoms with Crippen molar-refractivity contribution in [2.24, 2.45) is 5.10 Å². The molecule has 8 heteroatoms. The summed E-state index contributed by atoms with van der Waals surface area (Å²) in [5.41, 5.74) is 2.91. The van der Waals surface area contributed by atoms with E-state index >= 15 is 0 Å². The van der Waals surface area contributed by atoms with Crippen LogP contribution >= 0.6 is 27.5 Å². The molecule has 0 aliphatic carbocycles. The largest absolute Gasteiger partial charge is 0.493 e. The van der Waals surface area contributed by atoms with Gasteiger partial charge in [0.2, 0.25) is 0 Å². The first-order valence-corrected chi connectivity index (χ1v) is 12.6. The standard InChI is InChI=1S/C28H25BrClN3O3/c1-4-8-19-13-18(14-25(35-3)27(19)36-17-20-9-6-7-10-23(20)30)16-31-33-26(5-2)32-24-12-11-21(29)15-22(24)28(33)34/h4,6-7,9-16H,1,5,8,17H2,2-3H3. The van der Waals surface area contributed by atoms with Gasteiger partial charge in [-0.05, 0) is 48.4 Å². The molecule has 1 heterocycles. The molecule has 0 aliphatic rings. The molecule has 0 saturated heterocycles. The summed E-state index contributed by atoms with van der Waals surface area (Å²) in [6.45, 7) is 6.10. The molecule has 0 saturated carbocycles.